The first-order valence-electron chi connectivity index (χ1n) is 20.7. The van der Waals surface area contributed by atoms with Crippen molar-refractivity contribution < 1.29 is 29.3 Å². The summed E-state index contributed by atoms with van der Waals surface area (Å²) >= 11 is 0. The minimum Gasteiger partial charge on any atom is -0.420 e. The van der Waals surface area contributed by atoms with Gasteiger partial charge in [0, 0.05) is 24.0 Å². The topological polar surface area (TPSA) is 93.1 Å². The molecule has 0 radical (unpaired) electrons. The second-order valence-electron chi connectivity index (χ2n) is 14.5. The number of benzene rings is 6. The molecule has 0 spiro atoms. The average molecular weight is 795 g/mol. The predicted octanol–water partition coefficient (Wildman–Crippen LogP) is 10.9. The Morgan fingerprint density at radius 2 is 0.900 bits per heavy atom. The summed E-state index contributed by atoms with van der Waals surface area (Å²) in [7, 11) is 0. The molecule has 6 nitrogen and oxygen atoms in total. The van der Waals surface area contributed by atoms with Gasteiger partial charge in [0.15, 0.2) is 11.5 Å². The van der Waals surface area contributed by atoms with Crippen LogP contribution in [0.2, 0.25) is 0 Å². The highest BCUT2D eigenvalue weighted by atomic mass is 16.6. The zero-order chi connectivity index (χ0) is 42.2. The van der Waals surface area contributed by atoms with Gasteiger partial charge in [0.05, 0.1) is 5.56 Å². The third-order valence-electron chi connectivity index (χ3n) is 10.3. The van der Waals surface area contributed by atoms with E-state index in [0.717, 1.165) is 56.1 Å². The van der Waals surface area contributed by atoms with Crippen molar-refractivity contribution in [2.45, 2.75) is 76.4 Å². The Morgan fingerprint density at radius 3 is 1.37 bits per heavy atom. The van der Waals surface area contributed by atoms with E-state index >= 15 is 0 Å². The molecule has 6 aromatic carbocycles. The van der Waals surface area contributed by atoms with E-state index in [1.807, 2.05) is 24.3 Å². The maximum atomic E-state index is 14.9. The van der Waals surface area contributed by atoms with Gasteiger partial charge in [-0.2, -0.15) is 0 Å². The van der Waals surface area contributed by atoms with Gasteiger partial charge in [0.1, 0.15) is 0 Å². The van der Waals surface area contributed by atoms with Crippen molar-refractivity contribution >= 4 is 11.9 Å². The monoisotopic (exact) mass is 794 g/mol. The van der Waals surface area contributed by atoms with Gasteiger partial charge < -0.3 is 19.7 Å². The van der Waals surface area contributed by atoms with Crippen LogP contribution in [0.15, 0.2) is 158 Å². The number of esters is 2. The molecule has 0 bridgehead atoms. The first-order chi connectivity index (χ1) is 29.3. The normalized spacial score (nSPS) is 11.1. The van der Waals surface area contributed by atoms with E-state index in [1.54, 1.807) is 127 Å². The van der Waals surface area contributed by atoms with Crippen LogP contribution < -0.4 is 9.47 Å². The van der Waals surface area contributed by atoms with E-state index in [9.17, 15) is 19.8 Å². The van der Waals surface area contributed by atoms with Gasteiger partial charge in [-0.25, -0.2) is 9.59 Å². The van der Waals surface area contributed by atoms with Gasteiger partial charge in [0.2, 0.25) is 11.2 Å². The summed E-state index contributed by atoms with van der Waals surface area (Å²) in [6, 6.07) is 45.1. The summed E-state index contributed by atoms with van der Waals surface area (Å²) in [5, 5.41) is 25.0. The van der Waals surface area contributed by atoms with E-state index < -0.39 is 23.1 Å². The van der Waals surface area contributed by atoms with Gasteiger partial charge in [-0.1, -0.05) is 203 Å². The Morgan fingerprint density at radius 1 is 0.483 bits per heavy atom. The highest BCUT2D eigenvalue weighted by molar-refractivity contribution is 5.92. The van der Waals surface area contributed by atoms with Crippen molar-refractivity contribution in [2.75, 3.05) is 0 Å². The fraction of sp³-hybridized carbons (Fsp3) is 0.222. The van der Waals surface area contributed by atoms with Gasteiger partial charge in [0.25, 0.3) is 0 Å². The van der Waals surface area contributed by atoms with Gasteiger partial charge in [-0.15, -0.1) is 0 Å². The third-order valence-corrected chi connectivity index (χ3v) is 10.3. The van der Waals surface area contributed by atoms with Crippen LogP contribution in [0.5, 0.6) is 11.5 Å². The predicted molar refractivity (Wildman–Crippen MR) is 237 cm³/mol. The summed E-state index contributed by atoms with van der Waals surface area (Å²) < 4.78 is 12.6. The molecule has 0 saturated heterocycles. The summed E-state index contributed by atoms with van der Waals surface area (Å²) in [6.45, 7) is 4.27. The lowest BCUT2D eigenvalue weighted by molar-refractivity contribution is -0.154. The van der Waals surface area contributed by atoms with Gasteiger partial charge in [-0.3, -0.25) is 0 Å². The second kappa shape index (κ2) is 20.8. The van der Waals surface area contributed by atoms with Crippen LogP contribution in [-0.4, -0.2) is 22.2 Å². The summed E-state index contributed by atoms with van der Waals surface area (Å²) in [6.07, 6.45) is 7.32. The zero-order valence-corrected chi connectivity index (χ0v) is 34.2. The van der Waals surface area contributed by atoms with Crippen molar-refractivity contribution in [3.63, 3.8) is 0 Å². The first kappa shape index (κ1) is 42.9. The molecular weight excluding hydrogens is 745 g/mol. The number of rotatable bonds is 15. The molecule has 0 aromatic heterocycles. The highest BCUT2D eigenvalue weighted by Gasteiger charge is 2.45. The van der Waals surface area contributed by atoms with Gasteiger partial charge in [-0.05, 0) is 58.9 Å². The van der Waals surface area contributed by atoms with Crippen LogP contribution in [0.3, 0.4) is 0 Å². The molecule has 0 aliphatic carbocycles. The number of carbonyl (C=O) groups is 2. The molecule has 0 aliphatic rings. The Balaban J connectivity index is 1.58. The first-order valence-corrected chi connectivity index (χ1v) is 20.7. The maximum Gasteiger partial charge on any atom is 0.353 e. The molecule has 0 saturated carbocycles. The molecule has 0 atom stereocenters. The molecule has 2 N–H and O–H groups in total. The van der Waals surface area contributed by atoms with E-state index in [-0.39, 0.29) is 39.3 Å². The molecule has 0 aliphatic heterocycles. The molecule has 60 heavy (non-hydrogen) atoms. The number of hydrogen-bond donors (Lipinski definition) is 2. The quantitative estimate of drug-likeness (QED) is 0.0465. The Hall–Kier alpha value is -6.70. The smallest absolute Gasteiger partial charge is 0.353 e. The van der Waals surface area contributed by atoms with E-state index in [4.69, 9.17) is 9.47 Å². The van der Waals surface area contributed by atoms with E-state index in [0.29, 0.717) is 12.0 Å². The van der Waals surface area contributed by atoms with Crippen LogP contribution in [0.25, 0.3) is 11.1 Å². The fourth-order valence-electron chi connectivity index (χ4n) is 7.02. The molecule has 0 fully saturated rings. The van der Waals surface area contributed by atoms with Crippen LogP contribution >= 0.6 is 0 Å². The van der Waals surface area contributed by atoms with Crippen molar-refractivity contribution in [2.24, 2.45) is 0 Å². The Bertz CT molecular complexity index is 2390. The van der Waals surface area contributed by atoms with Crippen LogP contribution in [0.4, 0.5) is 0 Å². The van der Waals surface area contributed by atoms with Crippen LogP contribution in [0, 0.1) is 23.7 Å². The molecule has 6 rings (SSSR count). The molecule has 302 valence electrons. The average Bonchev–Trinajstić information content (AvgIpc) is 3.30. The molecule has 0 amide bonds. The number of unbranched alkanes of at least 4 members (excludes halogenated alkanes) is 6. The number of carbonyl (C=O) groups excluding carboxylic acids is 2. The lowest BCUT2D eigenvalue weighted by atomic mass is 9.86. The third kappa shape index (κ3) is 9.76. The zero-order valence-electron chi connectivity index (χ0n) is 34.2. The SMILES string of the molecule is CCCCCC#Cc1ccccc1-c1ccc(OC(=O)C(O)(c2ccccc2)c2ccccc2)c(OC(=O)C(O)(c2ccccc2)c2ccccc2)c1C#CCCCCC. The van der Waals surface area contributed by atoms with Crippen molar-refractivity contribution in [3.05, 3.63) is 191 Å². The van der Waals surface area contributed by atoms with Crippen molar-refractivity contribution in [1.82, 2.24) is 0 Å². The van der Waals surface area contributed by atoms with Gasteiger partial charge >= 0.3 is 11.9 Å². The van der Waals surface area contributed by atoms with Crippen LogP contribution in [0.1, 0.15) is 98.6 Å². The lowest BCUT2D eigenvalue weighted by Gasteiger charge is -2.29. The number of hydrogen-bond acceptors (Lipinski definition) is 6. The lowest BCUT2D eigenvalue weighted by Crippen LogP contribution is -2.41. The minimum absolute atomic E-state index is 0.174. The molecule has 0 unspecified atom stereocenters. The van der Waals surface area contributed by atoms with E-state index in [1.165, 1.54) is 6.07 Å². The largest absolute Gasteiger partial charge is 0.420 e. The molecule has 0 heterocycles. The summed E-state index contributed by atoms with van der Waals surface area (Å²) in [4.78, 5) is 29.5. The van der Waals surface area contributed by atoms with E-state index in [2.05, 4.69) is 37.5 Å². The molecule has 6 aromatic rings. The summed E-state index contributed by atoms with van der Waals surface area (Å²) in [5.74, 6) is 10.8. The van der Waals surface area contributed by atoms with Crippen molar-refractivity contribution in [1.29, 1.82) is 0 Å². The maximum absolute atomic E-state index is 14.9. The molecule has 6 heteroatoms. The molecular formula is C54H50O6. The minimum atomic E-state index is -2.29. The Labute approximate surface area is 353 Å². The fourth-order valence-corrected chi connectivity index (χ4v) is 7.02. The highest BCUT2D eigenvalue weighted by Crippen LogP contribution is 2.43. The Kier molecular flexibility index (Phi) is 14.9. The number of aliphatic hydroxyl groups is 2. The van der Waals surface area contributed by atoms with Crippen LogP contribution in [-0.2, 0) is 20.8 Å². The standard InChI is InChI=1S/C54H50O6/c1-3-5-7-9-15-27-41-28-25-26-37-46(41)47-39-40-49(59-51(55)53(57,42-29-16-11-17-30-42)43-31-18-12-19-32-43)50(48(47)38-24-10-8-6-4-2)60-52(56)54(58,44-33-20-13-21-34-44)45-35-22-14-23-36-45/h11-14,16-23,25-26,28-37,39-40,57-58H,3-10H2,1-2H3. The number of ether oxygens (including phenoxy) is 2. The summed E-state index contributed by atoms with van der Waals surface area (Å²) in [5.41, 5.74) is -1.12. The van der Waals surface area contributed by atoms with Crippen molar-refractivity contribution in [3.8, 4) is 46.3 Å². The second-order valence-corrected chi connectivity index (χ2v) is 14.5.